The number of nitrogens with zero attached hydrogens (tertiary/aromatic N) is 1. The van der Waals surface area contributed by atoms with E-state index in [0.717, 1.165) is 5.56 Å². The molecule has 0 N–H and O–H groups in total. The standard InChI is InChI=1S/C15H13BrFNO3/c16-14-5-4-13(21-14)15(19)18-7-12(8-18)20-9-10-2-1-3-11(17)6-10/h1-6,12H,7-9H2. The van der Waals surface area contributed by atoms with Crippen LogP contribution in [0.3, 0.4) is 0 Å². The van der Waals surface area contributed by atoms with Crippen LogP contribution in [-0.4, -0.2) is 30.0 Å². The molecular formula is C15H13BrFNO3. The number of halogens is 2. The van der Waals surface area contributed by atoms with E-state index in [-0.39, 0.29) is 17.8 Å². The van der Waals surface area contributed by atoms with Gasteiger partial charge in [0.05, 0.1) is 12.7 Å². The highest BCUT2D eigenvalue weighted by Gasteiger charge is 2.33. The van der Waals surface area contributed by atoms with Crippen LogP contribution in [-0.2, 0) is 11.3 Å². The highest BCUT2D eigenvalue weighted by molar-refractivity contribution is 9.10. The number of furan rings is 1. The second-order valence-electron chi connectivity index (χ2n) is 4.88. The van der Waals surface area contributed by atoms with E-state index < -0.39 is 0 Å². The third-order valence-corrected chi connectivity index (χ3v) is 3.72. The number of likely N-dealkylation sites (tertiary alicyclic amines) is 1. The smallest absolute Gasteiger partial charge is 0.289 e. The van der Waals surface area contributed by atoms with Crippen LogP contribution in [0.25, 0.3) is 0 Å². The molecule has 1 saturated heterocycles. The van der Waals surface area contributed by atoms with Crippen LogP contribution < -0.4 is 0 Å². The van der Waals surface area contributed by atoms with E-state index >= 15 is 0 Å². The average molecular weight is 354 g/mol. The number of hydrogen-bond acceptors (Lipinski definition) is 3. The zero-order valence-electron chi connectivity index (χ0n) is 11.1. The Balaban J connectivity index is 1.47. The quantitative estimate of drug-likeness (QED) is 0.847. The molecule has 0 saturated carbocycles. The summed E-state index contributed by atoms with van der Waals surface area (Å²) in [5, 5.41) is 0. The van der Waals surface area contributed by atoms with E-state index in [1.807, 2.05) is 6.07 Å². The maximum Gasteiger partial charge on any atom is 0.289 e. The average Bonchev–Trinajstić information content (AvgIpc) is 2.83. The minimum absolute atomic E-state index is 0.0179. The van der Waals surface area contributed by atoms with Gasteiger partial charge in [-0.25, -0.2) is 4.39 Å². The van der Waals surface area contributed by atoms with Crippen molar-refractivity contribution in [3.63, 3.8) is 0 Å². The van der Waals surface area contributed by atoms with E-state index in [2.05, 4.69) is 15.9 Å². The normalized spacial score (nSPS) is 15.0. The Kier molecular flexibility index (Phi) is 4.07. The van der Waals surface area contributed by atoms with Gasteiger partial charge in [0, 0.05) is 13.1 Å². The van der Waals surface area contributed by atoms with Crippen LogP contribution in [0.2, 0.25) is 0 Å². The molecule has 0 spiro atoms. The Morgan fingerprint density at radius 1 is 1.38 bits per heavy atom. The van der Waals surface area contributed by atoms with Gasteiger partial charge in [-0.1, -0.05) is 12.1 Å². The molecule has 1 aromatic carbocycles. The van der Waals surface area contributed by atoms with Crippen molar-refractivity contribution in [3.05, 3.63) is 58.2 Å². The first-order chi connectivity index (χ1) is 10.1. The lowest BCUT2D eigenvalue weighted by atomic mass is 10.1. The number of rotatable bonds is 4. The molecule has 0 atom stereocenters. The Morgan fingerprint density at radius 3 is 2.86 bits per heavy atom. The van der Waals surface area contributed by atoms with Crippen molar-refractivity contribution in [2.75, 3.05) is 13.1 Å². The molecule has 2 aromatic rings. The molecule has 0 aliphatic carbocycles. The summed E-state index contributed by atoms with van der Waals surface area (Å²) in [6.07, 6.45) is -0.0179. The first-order valence-corrected chi connectivity index (χ1v) is 7.32. The van der Waals surface area contributed by atoms with Crippen molar-refractivity contribution in [2.45, 2.75) is 12.7 Å². The summed E-state index contributed by atoms with van der Waals surface area (Å²) >= 11 is 3.17. The molecule has 0 bridgehead atoms. The van der Waals surface area contributed by atoms with Gasteiger partial charge in [-0.05, 0) is 45.8 Å². The predicted molar refractivity (Wildman–Crippen MR) is 77.3 cm³/mol. The van der Waals surface area contributed by atoms with Gasteiger partial charge in [0.1, 0.15) is 5.82 Å². The molecule has 1 aromatic heterocycles. The molecule has 2 heterocycles. The topological polar surface area (TPSA) is 42.7 Å². The number of carbonyl (C=O) groups excluding carboxylic acids is 1. The Bertz CT molecular complexity index is 652. The maximum atomic E-state index is 13.0. The summed E-state index contributed by atoms with van der Waals surface area (Å²) in [6, 6.07) is 9.62. The molecule has 21 heavy (non-hydrogen) atoms. The van der Waals surface area contributed by atoms with Gasteiger partial charge in [0.15, 0.2) is 10.4 Å². The fourth-order valence-corrected chi connectivity index (χ4v) is 2.44. The number of hydrogen-bond donors (Lipinski definition) is 0. The minimum atomic E-state index is -0.273. The van der Waals surface area contributed by atoms with Crippen molar-refractivity contribution < 1.29 is 18.3 Å². The first-order valence-electron chi connectivity index (χ1n) is 6.52. The predicted octanol–water partition coefficient (Wildman–Crippen LogP) is 3.22. The molecule has 0 unspecified atom stereocenters. The minimum Gasteiger partial charge on any atom is -0.444 e. The van der Waals surface area contributed by atoms with Gasteiger partial charge in [-0.15, -0.1) is 0 Å². The molecule has 1 amide bonds. The maximum absolute atomic E-state index is 13.0. The van der Waals surface area contributed by atoms with E-state index in [1.165, 1.54) is 12.1 Å². The molecule has 1 aliphatic heterocycles. The van der Waals surface area contributed by atoms with Crippen LogP contribution in [0.4, 0.5) is 4.39 Å². The molecule has 6 heteroatoms. The van der Waals surface area contributed by atoms with Crippen LogP contribution >= 0.6 is 15.9 Å². The van der Waals surface area contributed by atoms with Gasteiger partial charge in [-0.2, -0.15) is 0 Å². The largest absolute Gasteiger partial charge is 0.444 e. The lowest BCUT2D eigenvalue weighted by molar-refractivity contribution is -0.0512. The van der Waals surface area contributed by atoms with Crippen LogP contribution in [0.1, 0.15) is 16.1 Å². The fraction of sp³-hybridized carbons (Fsp3) is 0.267. The van der Waals surface area contributed by atoms with Gasteiger partial charge in [0.2, 0.25) is 0 Å². The fourth-order valence-electron chi connectivity index (χ4n) is 2.14. The Hall–Kier alpha value is -1.66. The third kappa shape index (κ3) is 3.33. The van der Waals surface area contributed by atoms with Crippen molar-refractivity contribution in [3.8, 4) is 0 Å². The van der Waals surface area contributed by atoms with E-state index in [9.17, 15) is 9.18 Å². The zero-order valence-corrected chi connectivity index (χ0v) is 12.7. The van der Waals surface area contributed by atoms with Crippen LogP contribution in [0.15, 0.2) is 45.5 Å². The summed E-state index contributed by atoms with van der Waals surface area (Å²) in [5.41, 5.74) is 0.787. The highest BCUT2D eigenvalue weighted by atomic mass is 79.9. The third-order valence-electron chi connectivity index (χ3n) is 3.29. The van der Waals surface area contributed by atoms with Gasteiger partial charge < -0.3 is 14.1 Å². The Labute approximate surface area is 129 Å². The molecule has 1 fully saturated rings. The lowest BCUT2D eigenvalue weighted by Gasteiger charge is -2.38. The summed E-state index contributed by atoms with van der Waals surface area (Å²) in [4.78, 5) is 13.7. The van der Waals surface area contributed by atoms with Crippen LogP contribution in [0.5, 0.6) is 0 Å². The number of amides is 1. The highest BCUT2D eigenvalue weighted by Crippen LogP contribution is 2.20. The number of benzene rings is 1. The van der Waals surface area contributed by atoms with Gasteiger partial charge in [-0.3, -0.25) is 4.79 Å². The molecule has 0 radical (unpaired) electrons. The molecular weight excluding hydrogens is 341 g/mol. The first kappa shape index (κ1) is 14.3. The van der Waals surface area contributed by atoms with E-state index in [0.29, 0.717) is 30.1 Å². The van der Waals surface area contributed by atoms with Crippen molar-refractivity contribution in [1.29, 1.82) is 0 Å². The van der Waals surface area contributed by atoms with Crippen LogP contribution in [0, 0.1) is 5.82 Å². The second-order valence-corrected chi connectivity index (χ2v) is 5.66. The van der Waals surface area contributed by atoms with E-state index in [4.69, 9.17) is 9.15 Å². The number of ether oxygens (including phenoxy) is 1. The lowest BCUT2D eigenvalue weighted by Crippen LogP contribution is -2.54. The molecule has 1 aliphatic rings. The van der Waals surface area contributed by atoms with Crippen molar-refractivity contribution in [2.24, 2.45) is 0 Å². The van der Waals surface area contributed by atoms with Gasteiger partial charge >= 0.3 is 0 Å². The second kappa shape index (κ2) is 5.99. The molecule has 3 rings (SSSR count). The van der Waals surface area contributed by atoms with Crippen molar-refractivity contribution >= 4 is 21.8 Å². The molecule has 110 valence electrons. The monoisotopic (exact) mass is 353 g/mol. The van der Waals surface area contributed by atoms with Crippen molar-refractivity contribution in [1.82, 2.24) is 4.90 Å². The number of carbonyl (C=O) groups is 1. The summed E-state index contributed by atoms with van der Waals surface area (Å²) < 4.78 is 24.4. The zero-order chi connectivity index (χ0) is 14.8. The van der Waals surface area contributed by atoms with Gasteiger partial charge in [0.25, 0.3) is 5.91 Å². The molecule has 4 nitrogen and oxygen atoms in total. The SMILES string of the molecule is O=C(c1ccc(Br)o1)N1CC(OCc2cccc(F)c2)C1. The summed E-state index contributed by atoms with van der Waals surface area (Å²) in [5.74, 6) is -0.110. The summed E-state index contributed by atoms with van der Waals surface area (Å²) in [7, 11) is 0. The summed E-state index contributed by atoms with van der Waals surface area (Å²) in [6.45, 7) is 1.38. The van der Waals surface area contributed by atoms with E-state index in [1.54, 1.807) is 23.1 Å². The Morgan fingerprint density at radius 2 is 2.19 bits per heavy atom.